The molecule has 0 saturated heterocycles. The van der Waals surface area contributed by atoms with Crippen LogP contribution in [-0.4, -0.2) is 20.9 Å². The van der Waals surface area contributed by atoms with Crippen LogP contribution >= 0.6 is 11.6 Å². The maximum atomic E-state index is 13.3. The molecule has 0 radical (unpaired) electrons. The van der Waals surface area contributed by atoms with Crippen molar-refractivity contribution < 1.29 is 39.6 Å². The van der Waals surface area contributed by atoms with Crippen LogP contribution in [0.1, 0.15) is 11.1 Å². The molecule has 0 fully saturated rings. The lowest BCUT2D eigenvalue weighted by molar-refractivity contribution is -0.138. The molecule has 3 rings (SSSR count). The summed E-state index contributed by atoms with van der Waals surface area (Å²) in [6.45, 7) is -1.01. The average molecular weight is 537 g/mol. The number of carbonyl (C=O) groups is 1. The van der Waals surface area contributed by atoms with E-state index in [0.717, 1.165) is 18.2 Å². The van der Waals surface area contributed by atoms with Gasteiger partial charge in [0.2, 0.25) is 5.91 Å². The van der Waals surface area contributed by atoms with Gasteiger partial charge in [-0.05, 0) is 54.6 Å². The van der Waals surface area contributed by atoms with Crippen LogP contribution < -0.4 is 9.62 Å². The summed E-state index contributed by atoms with van der Waals surface area (Å²) in [5.41, 5.74) is -2.86. The molecule has 1 amide bonds. The minimum atomic E-state index is -4.83. The van der Waals surface area contributed by atoms with E-state index in [-0.39, 0.29) is 15.6 Å². The van der Waals surface area contributed by atoms with E-state index in [4.69, 9.17) is 11.6 Å². The molecule has 1 N–H and O–H groups in total. The Hall–Kier alpha value is -3.25. The lowest BCUT2D eigenvalue weighted by Crippen LogP contribution is -2.38. The molecule has 0 bridgehead atoms. The zero-order chi connectivity index (χ0) is 26.0. The van der Waals surface area contributed by atoms with Gasteiger partial charge in [0.25, 0.3) is 10.0 Å². The summed E-state index contributed by atoms with van der Waals surface area (Å²) in [6.07, 6.45) is -9.44. The number of hydrogen-bond donors (Lipinski definition) is 1. The van der Waals surface area contributed by atoms with Crippen molar-refractivity contribution in [2.45, 2.75) is 17.2 Å². The molecular formula is C22H15ClF6N2O3S. The molecule has 186 valence electrons. The van der Waals surface area contributed by atoms with Crippen molar-refractivity contribution in [2.75, 3.05) is 16.2 Å². The van der Waals surface area contributed by atoms with Gasteiger partial charge in [-0.15, -0.1) is 0 Å². The van der Waals surface area contributed by atoms with Crippen LogP contribution in [0.2, 0.25) is 5.02 Å². The molecule has 0 aliphatic rings. The van der Waals surface area contributed by atoms with Crippen molar-refractivity contribution in [3.05, 3.63) is 88.9 Å². The topological polar surface area (TPSA) is 66.5 Å². The summed E-state index contributed by atoms with van der Waals surface area (Å²) >= 11 is 6.03. The van der Waals surface area contributed by atoms with Crippen molar-refractivity contribution >= 4 is 38.9 Å². The fraction of sp³-hybridized carbons (Fsp3) is 0.136. The highest BCUT2D eigenvalue weighted by Crippen LogP contribution is 2.37. The van der Waals surface area contributed by atoms with Gasteiger partial charge in [-0.3, -0.25) is 9.10 Å². The Morgan fingerprint density at radius 1 is 0.829 bits per heavy atom. The summed E-state index contributed by atoms with van der Waals surface area (Å²) < 4.78 is 105. The maximum absolute atomic E-state index is 13.3. The number of rotatable bonds is 6. The molecule has 13 heteroatoms. The number of anilines is 2. The quantitative estimate of drug-likeness (QED) is 0.381. The number of benzene rings is 3. The predicted octanol–water partition coefficient (Wildman–Crippen LogP) is 6.21. The van der Waals surface area contributed by atoms with Crippen molar-refractivity contribution in [1.82, 2.24) is 0 Å². The van der Waals surface area contributed by atoms with Crippen LogP contribution in [0.4, 0.5) is 37.7 Å². The summed E-state index contributed by atoms with van der Waals surface area (Å²) in [7, 11) is -4.58. The standard InChI is InChI=1S/C22H15ClF6N2O3S/c23-18-11-8-15(22(27,28)29)12-19(18)31(35(33,34)17-4-2-1-3-5-17)13-20(32)30-16-9-6-14(7-10-16)21(24,25)26/h1-12H,13H2,(H,30,32). The van der Waals surface area contributed by atoms with Gasteiger partial charge in [0.1, 0.15) is 6.54 Å². The molecule has 0 aromatic heterocycles. The molecule has 0 aliphatic heterocycles. The molecule has 0 aliphatic carbocycles. The monoisotopic (exact) mass is 536 g/mol. The zero-order valence-electron chi connectivity index (χ0n) is 17.4. The Morgan fingerprint density at radius 3 is 1.91 bits per heavy atom. The average Bonchev–Trinajstić information content (AvgIpc) is 2.77. The fourth-order valence-corrected chi connectivity index (χ4v) is 4.70. The summed E-state index contributed by atoms with van der Waals surface area (Å²) in [6, 6.07) is 11.9. The lowest BCUT2D eigenvalue weighted by Gasteiger charge is -2.26. The Labute approximate surface area is 201 Å². The van der Waals surface area contributed by atoms with Gasteiger partial charge in [0, 0.05) is 5.69 Å². The fourth-order valence-electron chi connectivity index (χ4n) is 2.97. The van der Waals surface area contributed by atoms with Gasteiger partial charge >= 0.3 is 12.4 Å². The normalized spacial score (nSPS) is 12.3. The van der Waals surface area contributed by atoms with Gasteiger partial charge in [-0.25, -0.2) is 8.42 Å². The van der Waals surface area contributed by atoms with E-state index < -0.39 is 51.6 Å². The lowest BCUT2D eigenvalue weighted by atomic mass is 10.2. The van der Waals surface area contributed by atoms with E-state index >= 15 is 0 Å². The first-order chi connectivity index (χ1) is 16.2. The van der Waals surface area contributed by atoms with Gasteiger partial charge in [-0.2, -0.15) is 26.3 Å². The highest BCUT2D eigenvalue weighted by atomic mass is 35.5. The minimum absolute atomic E-state index is 0.0878. The van der Waals surface area contributed by atoms with Crippen molar-refractivity contribution in [1.29, 1.82) is 0 Å². The van der Waals surface area contributed by atoms with Crippen LogP contribution in [0.3, 0.4) is 0 Å². The highest BCUT2D eigenvalue weighted by Gasteiger charge is 2.35. The number of amides is 1. The van der Waals surface area contributed by atoms with E-state index in [9.17, 15) is 39.6 Å². The van der Waals surface area contributed by atoms with Gasteiger partial charge in [0.15, 0.2) is 0 Å². The maximum Gasteiger partial charge on any atom is 0.416 e. The van der Waals surface area contributed by atoms with E-state index in [2.05, 4.69) is 5.32 Å². The first kappa shape index (κ1) is 26.4. The predicted molar refractivity (Wildman–Crippen MR) is 118 cm³/mol. The highest BCUT2D eigenvalue weighted by molar-refractivity contribution is 7.92. The van der Waals surface area contributed by atoms with E-state index in [1.807, 2.05) is 0 Å². The van der Waals surface area contributed by atoms with E-state index in [0.29, 0.717) is 28.6 Å². The molecule has 35 heavy (non-hydrogen) atoms. The third-order valence-corrected chi connectivity index (χ3v) is 6.75. The van der Waals surface area contributed by atoms with Crippen molar-refractivity contribution in [3.63, 3.8) is 0 Å². The molecular weight excluding hydrogens is 522 g/mol. The van der Waals surface area contributed by atoms with Crippen LogP contribution in [0.25, 0.3) is 0 Å². The second-order valence-electron chi connectivity index (χ2n) is 7.11. The molecule has 0 saturated carbocycles. The van der Waals surface area contributed by atoms with E-state index in [1.54, 1.807) is 0 Å². The van der Waals surface area contributed by atoms with E-state index in [1.165, 1.54) is 30.3 Å². The molecule has 0 heterocycles. The first-order valence-corrected chi connectivity index (χ1v) is 11.4. The Kier molecular flexibility index (Phi) is 7.37. The summed E-state index contributed by atoms with van der Waals surface area (Å²) in [5.74, 6) is -1.03. The first-order valence-electron chi connectivity index (χ1n) is 9.61. The molecule has 3 aromatic rings. The van der Waals surface area contributed by atoms with Gasteiger partial charge in [-0.1, -0.05) is 29.8 Å². The zero-order valence-corrected chi connectivity index (χ0v) is 18.9. The Bertz CT molecular complexity index is 1310. The van der Waals surface area contributed by atoms with Crippen molar-refractivity contribution in [3.8, 4) is 0 Å². The molecule has 0 unspecified atom stereocenters. The molecule has 5 nitrogen and oxygen atoms in total. The third-order valence-electron chi connectivity index (χ3n) is 4.66. The van der Waals surface area contributed by atoms with Crippen LogP contribution in [0.5, 0.6) is 0 Å². The minimum Gasteiger partial charge on any atom is -0.325 e. The molecule has 0 spiro atoms. The second kappa shape index (κ2) is 9.78. The summed E-state index contributed by atoms with van der Waals surface area (Å²) in [5, 5.41) is 1.86. The number of halogens is 7. The SMILES string of the molecule is O=C(CN(c1cc(C(F)(F)F)ccc1Cl)S(=O)(=O)c1ccccc1)Nc1ccc(C(F)(F)F)cc1. The summed E-state index contributed by atoms with van der Waals surface area (Å²) in [4.78, 5) is 12.3. The Morgan fingerprint density at radius 2 is 1.37 bits per heavy atom. The van der Waals surface area contributed by atoms with Gasteiger partial charge < -0.3 is 5.32 Å². The number of hydrogen-bond acceptors (Lipinski definition) is 3. The molecule has 0 atom stereocenters. The van der Waals surface area contributed by atoms with Crippen LogP contribution in [-0.2, 0) is 27.2 Å². The van der Waals surface area contributed by atoms with Crippen LogP contribution in [0.15, 0.2) is 77.7 Å². The smallest absolute Gasteiger partial charge is 0.325 e. The van der Waals surface area contributed by atoms with Crippen LogP contribution in [0, 0.1) is 0 Å². The Balaban J connectivity index is 1.99. The van der Waals surface area contributed by atoms with Gasteiger partial charge in [0.05, 0.1) is 26.7 Å². The van der Waals surface area contributed by atoms with Crippen molar-refractivity contribution in [2.24, 2.45) is 0 Å². The molecule has 3 aromatic carbocycles. The third kappa shape index (κ3) is 6.25. The number of carbonyl (C=O) groups excluding carboxylic acids is 1. The number of sulfonamides is 1. The number of alkyl halides is 6. The number of nitrogens with one attached hydrogen (secondary N) is 1. The largest absolute Gasteiger partial charge is 0.416 e. The second-order valence-corrected chi connectivity index (χ2v) is 9.38. The number of nitrogens with zero attached hydrogens (tertiary/aromatic N) is 1.